The second-order valence-corrected chi connectivity index (χ2v) is 4.88. The molecule has 0 fully saturated rings. The van der Waals surface area contributed by atoms with Crippen molar-refractivity contribution >= 4 is 24.4 Å². The summed E-state index contributed by atoms with van der Waals surface area (Å²) < 4.78 is 0. The molecule has 1 aliphatic rings. The number of aromatic nitrogens is 1. The topological polar surface area (TPSA) is 44.9 Å². The summed E-state index contributed by atoms with van der Waals surface area (Å²) in [5.41, 5.74) is 5.02. The van der Waals surface area contributed by atoms with Crippen LogP contribution in [-0.4, -0.2) is 19.4 Å². The maximum atomic E-state index is 12.1. The van der Waals surface area contributed by atoms with Crippen LogP contribution in [0.2, 0.25) is 0 Å². The van der Waals surface area contributed by atoms with Gasteiger partial charge in [0, 0.05) is 17.5 Å². The quantitative estimate of drug-likeness (QED) is 0.745. The van der Waals surface area contributed by atoms with Crippen molar-refractivity contribution in [2.75, 3.05) is 11.9 Å². The highest BCUT2D eigenvalue weighted by Gasteiger charge is 2.17. The first-order chi connectivity index (χ1) is 8.70. The van der Waals surface area contributed by atoms with E-state index in [2.05, 4.69) is 23.3 Å². The summed E-state index contributed by atoms with van der Waals surface area (Å²) in [6, 6.07) is 4.07. The molecule has 0 bridgehead atoms. The lowest BCUT2D eigenvalue weighted by Gasteiger charge is -2.20. The monoisotopic (exact) mass is 238 g/mol. The Morgan fingerprint density at radius 1 is 1.39 bits per heavy atom. The minimum absolute atomic E-state index is 0.0262. The average Bonchev–Trinajstić information content (AvgIpc) is 2.38. The molecular formula is C14H15BN2O. The fraction of sp³-hybridized carbons (Fsp3) is 0.357. The van der Waals surface area contributed by atoms with Gasteiger partial charge in [0.2, 0.25) is 0 Å². The molecule has 90 valence electrons. The Morgan fingerprint density at radius 3 is 3.00 bits per heavy atom. The van der Waals surface area contributed by atoms with Gasteiger partial charge in [0.25, 0.3) is 5.56 Å². The fourth-order valence-electron chi connectivity index (χ4n) is 2.78. The second kappa shape index (κ2) is 4.20. The van der Waals surface area contributed by atoms with Crippen molar-refractivity contribution in [1.29, 1.82) is 0 Å². The number of fused-ring (bicyclic) bond motifs is 3. The van der Waals surface area contributed by atoms with E-state index in [4.69, 9.17) is 7.85 Å². The zero-order valence-electron chi connectivity index (χ0n) is 10.5. The Morgan fingerprint density at radius 2 is 2.22 bits per heavy atom. The highest BCUT2D eigenvalue weighted by atomic mass is 16.1. The summed E-state index contributed by atoms with van der Waals surface area (Å²) in [4.78, 5) is 15.0. The Balaban J connectivity index is 2.41. The largest absolute Gasteiger partial charge is 0.384 e. The van der Waals surface area contributed by atoms with Crippen molar-refractivity contribution in [3.63, 3.8) is 0 Å². The van der Waals surface area contributed by atoms with Crippen LogP contribution in [0.25, 0.3) is 10.9 Å². The zero-order valence-corrected chi connectivity index (χ0v) is 10.5. The second-order valence-electron chi connectivity index (χ2n) is 4.88. The van der Waals surface area contributed by atoms with Gasteiger partial charge in [-0.1, -0.05) is 17.9 Å². The van der Waals surface area contributed by atoms with Crippen LogP contribution >= 0.6 is 0 Å². The number of aromatic amines is 1. The molecule has 2 radical (unpaired) electrons. The van der Waals surface area contributed by atoms with Crippen LogP contribution in [0.3, 0.4) is 0 Å². The molecule has 2 heterocycles. The molecule has 2 N–H and O–H groups in total. The lowest BCUT2D eigenvalue weighted by molar-refractivity contribution is 0.820. The molecule has 1 aromatic heterocycles. The lowest BCUT2D eigenvalue weighted by atomic mass is 9.92. The van der Waals surface area contributed by atoms with Crippen molar-refractivity contribution in [2.24, 2.45) is 0 Å². The van der Waals surface area contributed by atoms with E-state index in [1.165, 1.54) is 0 Å². The van der Waals surface area contributed by atoms with Gasteiger partial charge in [-0.2, -0.15) is 0 Å². The number of benzene rings is 1. The molecule has 4 heteroatoms. The van der Waals surface area contributed by atoms with Gasteiger partial charge in [-0.3, -0.25) is 4.79 Å². The van der Waals surface area contributed by atoms with Crippen molar-refractivity contribution in [3.05, 3.63) is 39.2 Å². The van der Waals surface area contributed by atoms with E-state index in [9.17, 15) is 4.79 Å². The minimum atomic E-state index is 0.0262. The number of anilines is 1. The van der Waals surface area contributed by atoms with E-state index in [0.29, 0.717) is 6.32 Å². The van der Waals surface area contributed by atoms with Crippen molar-refractivity contribution < 1.29 is 0 Å². The smallest absolute Gasteiger partial charge is 0.253 e. The zero-order chi connectivity index (χ0) is 12.7. The van der Waals surface area contributed by atoms with Gasteiger partial charge in [-0.05, 0) is 31.4 Å². The van der Waals surface area contributed by atoms with Gasteiger partial charge >= 0.3 is 0 Å². The first-order valence-electron chi connectivity index (χ1n) is 6.33. The lowest BCUT2D eigenvalue weighted by Crippen LogP contribution is -2.22. The Hall–Kier alpha value is -1.71. The summed E-state index contributed by atoms with van der Waals surface area (Å²) in [6.45, 7) is 3.00. The van der Waals surface area contributed by atoms with Crippen molar-refractivity contribution in [1.82, 2.24) is 4.98 Å². The van der Waals surface area contributed by atoms with Gasteiger partial charge in [0.1, 0.15) is 0 Å². The molecule has 0 aliphatic carbocycles. The predicted molar refractivity (Wildman–Crippen MR) is 75.6 cm³/mol. The van der Waals surface area contributed by atoms with Gasteiger partial charge in [-0.25, -0.2) is 0 Å². The number of pyridine rings is 1. The van der Waals surface area contributed by atoms with Gasteiger partial charge in [-0.15, -0.1) is 0 Å². The minimum Gasteiger partial charge on any atom is -0.384 e. The number of nitrogens with one attached hydrogen (secondary N) is 2. The average molecular weight is 238 g/mol. The summed E-state index contributed by atoms with van der Waals surface area (Å²) in [6.07, 6.45) is 2.36. The molecule has 1 aromatic carbocycles. The first-order valence-corrected chi connectivity index (χ1v) is 6.33. The maximum absolute atomic E-state index is 12.1. The summed E-state index contributed by atoms with van der Waals surface area (Å²) in [7, 11) is 5.68. The molecule has 0 amide bonds. The SMILES string of the molecule is [B]Cc1cc(C)c2c3c(c(=O)[nH]c2c1)CCCN3. The number of H-pyrrole nitrogens is 1. The highest BCUT2D eigenvalue weighted by Crippen LogP contribution is 2.30. The number of rotatable bonds is 1. The number of aryl methyl sites for hydroxylation is 1. The van der Waals surface area contributed by atoms with Crippen LogP contribution in [0.5, 0.6) is 0 Å². The standard InChI is InChI=1S/C14H15BN2O/c1-8-5-9(7-15)6-11-12(8)13-10(14(18)17-11)3-2-4-16-13/h5-6,16H,2-4,7H2,1H3,(H,17,18). The predicted octanol–water partition coefficient (Wildman–Crippen LogP) is 1.86. The fourth-order valence-corrected chi connectivity index (χ4v) is 2.78. The molecule has 3 rings (SSSR count). The van der Waals surface area contributed by atoms with E-state index < -0.39 is 0 Å². The normalized spacial score (nSPS) is 14.3. The van der Waals surface area contributed by atoms with E-state index in [0.717, 1.165) is 52.7 Å². The van der Waals surface area contributed by atoms with Crippen LogP contribution in [0, 0.1) is 6.92 Å². The third-order valence-electron chi connectivity index (χ3n) is 3.61. The number of hydrogen-bond donors (Lipinski definition) is 2. The Kier molecular flexibility index (Phi) is 2.65. The van der Waals surface area contributed by atoms with Crippen LogP contribution in [0.4, 0.5) is 5.69 Å². The Bertz CT molecular complexity index is 676. The maximum Gasteiger partial charge on any atom is 0.253 e. The molecule has 1 aliphatic heterocycles. The summed E-state index contributed by atoms with van der Waals surface area (Å²) in [5, 5.41) is 4.50. The highest BCUT2D eigenvalue weighted by molar-refractivity contribution is 6.08. The molecule has 0 saturated heterocycles. The molecule has 0 unspecified atom stereocenters. The van der Waals surface area contributed by atoms with E-state index >= 15 is 0 Å². The van der Waals surface area contributed by atoms with Gasteiger partial charge < -0.3 is 10.3 Å². The van der Waals surface area contributed by atoms with Crippen molar-refractivity contribution in [2.45, 2.75) is 26.1 Å². The third-order valence-corrected chi connectivity index (χ3v) is 3.61. The van der Waals surface area contributed by atoms with Gasteiger partial charge in [0.15, 0.2) is 0 Å². The third kappa shape index (κ3) is 1.64. The molecular weight excluding hydrogens is 223 g/mol. The van der Waals surface area contributed by atoms with Crippen LogP contribution in [-0.2, 0) is 12.7 Å². The van der Waals surface area contributed by atoms with Crippen LogP contribution in [0.15, 0.2) is 16.9 Å². The first kappa shape index (κ1) is 11.4. The molecule has 0 saturated carbocycles. The van der Waals surface area contributed by atoms with Crippen molar-refractivity contribution in [3.8, 4) is 0 Å². The number of hydrogen-bond acceptors (Lipinski definition) is 2. The van der Waals surface area contributed by atoms with Gasteiger partial charge in [0.05, 0.1) is 19.1 Å². The van der Waals surface area contributed by atoms with Crippen LogP contribution in [0.1, 0.15) is 23.1 Å². The summed E-state index contributed by atoms with van der Waals surface area (Å²) in [5.74, 6) is 0. The Labute approximate surface area is 107 Å². The van der Waals surface area contributed by atoms with E-state index in [1.54, 1.807) is 0 Å². The molecule has 0 atom stereocenters. The summed E-state index contributed by atoms with van der Waals surface area (Å²) >= 11 is 0. The molecule has 0 spiro atoms. The van der Waals surface area contributed by atoms with Crippen LogP contribution < -0.4 is 10.9 Å². The van der Waals surface area contributed by atoms with E-state index in [1.807, 2.05) is 6.07 Å². The molecule has 2 aromatic rings. The molecule has 18 heavy (non-hydrogen) atoms. The molecule has 3 nitrogen and oxygen atoms in total. The van der Waals surface area contributed by atoms with E-state index in [-0.39, 0.29) is 5.56 Å².